The number of hydrogen-bond acceptors (Lipinski definition) is 8. The molecule has 0 saturated carbocycles. The molecule has 0 aliphatic rings. The fraction of sp³-hybridized carbons (Fsp3) is 0.800. The van der Waals surface area contributed by atoms with Crippen LogP contribution in [0.4, 0.5) is 0 Å². The first kappa shape index (κ1) is 60.9. The maximum atomic E-state index is 13.6. The Morgan fingerprint density at radius 2 is 1.30 bits per heavy atom. The average molecular weight is 840 g/mol. The summed E-state index contributed by atoms with van der Waals surface area (Å²) in [6, 6.07) is -2.03. The molecule has 300 valence electrons. The van der Waals surface area contributed by atoms with Gasteiger partial charge in [-0.15, -0.1) is 23.2 Å². The fourth-order valence-corrected chi connectivity index (χ4v) is 5.28. The number of halogens is 5. The molecule has 2 amide bonds. The van der Waals surface area contributed by atoms with Crippen LogP contribution in [0.2, 0.25) is 0 Å². The predicted octanol–water partition coefficient (Wildman–Crippen LogP) is -10.8. The lowest BCUT2D eigenvalue weighted by molar-refractivity contribution is -0.858. The number of nitrogens with two attached hydrogens (primary N) is 2. The van der Waals surface area contributed by atoms with Crippen LogP contribution < -0.4 is 87.2 Å². The molecule has 4 atom stereocenters. The van der Waals surface area contributed by atoms with Crippen molar-refractivity contribution in [3.63, 3.8) is 0 Å². The number of guanidine groups is 1. The lowest BCUT2D eigenvalue weighted by Gasteiger charge is -2.24. The topological polar surface area (TPSA) is 278 Å². The van der Waals surface area contributed by atoms with Gasteiger partial charge in [0.2, 0.25) is 11.8 Å². The molecule has 20 heteroatoms. The molecule has 0 rings (SSSR count). The van der Waals surface area contributed by atoms with Crippen LogP contribution in [-0.2, 0) is 24.0 Å². The first-order chi connectivity index (χ1) is 21.4. The van der Waals surface area contributed by atoms with Gasteiger partial charge >= 0.3 is 5.96 Å². The van der Waals surface area contributed by atoms with E-state index in [2.05, 4.69) is 34.0 Å². The van der Waals surface area contributed by atoms with Gasteiger partial charge in [-0.1, -0.05) is 0 Å². The summed E-state index contributed by atoms with van der Waals surface area (Å²) in [6.45, 7) is 1.23. The van der Waals surface area contributed by atoms with Crippen LogP contribution in [0.3, 0.4) is 0 Å². The monoisotopic (exact) mass is 837 g/mol. The molecule has 0 aromatic heterocycles. The van der Waals surface area contributed by atoms with Crippen molar-refractivity contribution in [3.8, 4) is 0 Å². The molecule has 50 heavy (non-hydrogen) atoms. The third-order valence-corrected chi connectivity index (χ3v) is 8.41. The highest BCUT2D eigenvalue weighted by atomic mass is 35.5. The third-order valence-electron chi connectivity index (χ3n) is 7.43. The fourth-order valence-electron chi connectivity index (χ4n) is 4.69. The number of quaternary nitrogens is 2. The molecular formula is C30H64Cl5N9O5S. The smallest absolute Gasteiger partial charge is 0.338 e. The molecule has 17 N–H and O–H groups in total. The molecule has 0 aliphatic heterocycles. The molecular weight excluding hydrogens is 776 g/mol. The summed E-state index contributed by atoms with van der Waals surface area (Å²) in [4.78, 5) is 69.3. The number of thiol groups is 1. The second kappa shape index (κ2) is 37.6. The third kappa shape index (κ3) is 30.5. The Labute approximate surface area is 332 Å². The highest BCUT2D eigenvalue weighted by Gasteiger charge is 2.30. The first-order valence-corrected chi connectivity index (χ1v) is 17.7. The van der Waals surface area contributed by atoms with E-state index in [0.717, 1.165) is 6.54 Å². The minimum Gasteiger partial charge on any atom is -1.00 e. The highest BCUT2D eigenvalue weighted by Crippen LogP contribution is 2.17. The Morgan fingerprint density at radius 3 is 1.78 bits per heavy atom. The molecule has 0 heterocycles. The number of carbonyl (C=O) groups excluding carboxylic acids is 5. The number of hydrogen-bond donors (Lipinski definition) is 10. The van der Waals surface area contributed by atoms with E-state index in [1.54, 1.807) is 0 Å². The SMILES string of the molecule is C[NH+](C)CCCC(=O)[C@@H](CCCCCl)NC(=O)[C@@H](CCC[NH+]=C(N)N)CC(=O)[C@@H](CCCCCl)NC(=O)CCC(=O)[C@@H]([NH3+])CS.N.N.[Cl-].[Cl-].[Cl-]. The maximum Gasteiger partial charge on any atom is 0.338 e. The van der Waals surface area contributed by atoms with Crippen LogP contribution in [0.5, 0.6) is 0 Å². The number of rotatable bonds is 28. The van der Waals surface area contributed by atoms with Crippen molar-refractivity contribution >= 4 is 71.0 Å². The molecule has 0 fully saturated rings. The summed E-state index contributed by atoms with van der Waals surface area (Å²) in [5, 5.41) is 5.70. The van der Waals surface area contributed by atoms with Gasteiger partial charge in [0.25, 0.3) is 0 Å². The van der Waals surface area contributed by atoms with Crippen molar-refractivity contribution in [2.45, 2.75) is 102 Å². The maximum absolute atomic E-state index is 13.6. The number of nitrogens with one attached hydrogen (secondary N) is 4. The Morgan fingerprint density at radius 1 is 0.760 bits per heavy atom. The molecule has 0 spiro atoms. The second-order valence-electron chi connectivity index (χ2n) is 11.8. The number of Topliss-reactive ketones (excluding diaryl/α,β-unsaturated/α-hetero) is 3. The van der Waals surface area contributed by atoms with E-state index in [9.17, 15) is 24.0 Å². The van der Waals surface area contributed by atoms with Crippen LogP contribution in [0.25, 0.3) is 0 Å². The van der Waals surface area contributed by atoms with Crippen molar-refractivity contribution in [3.05, 3.63) is 0 Å². The lowest BCUT2D eigenvalue weighted by Crippen LogP contribution is -3.05. The van der Waals surface area contributed by atoms with Gasteiger partial charge in [-0.2, -0.15) is 12.6 Å². The van der Waals surface area contributed by atoms with Crippen molar-refractivity contribution in [2.24, 2.45) is 17.4 Å². The standard InChI is InChI=1S/C30H55Cl2N7O5S.3ClH.2H3N/c1-39(2)18-8-12-26(41)23(10-3-5-15-31)38-29(44)21(9-7-17-36-30(34)35)19-27(42)24(11-4-6-16-32)37-28(43)14-13-25(40)22(33)20-45;;;;;/h21-24,45H,3-20,33H2,1-2H3,(H,37,43)(H,38,44)(H4,34,35,36);3*1H;2*1H3/t21-,22-,23+,24+;;;;;/m0...../s1. The van der Waals surface area contributed by atoms with Gasteiger partial charge in [0.15, 0.2) is 23.4 Å². The van der Waals surface area contributed by atoms with Gasteiger partial charge in [0.05, 0.1) is 39.3 Å². The van der Waals surface area contributed by atoms with E-state index in [1.165, 1.54) is 4.90 Å². The largest absolute Gasteiger partial charge is 1.00 e. The second-order valence-corrected chi connectivity index (χ2v) is 12.9. The highest BCUT2D eigenvalue weighted by molar-refractivity contribution is 7.80. The van der Waals surface area contributed by atoms with Crippen molar-refractivity contribution in [1.29, 1.82) is 0 Å². The average Bonchev–Trinajstić information content (AvgIpc) is 2.99. The van der Waals surface area contributed by atoms with Crippen molar-refractivity contribution < 1.29 is 76.8 Å². The Kier molecular flexibility index (Phi) is 45.8. The molecule has 0 aliphatic carbocycles. The number of unbranched alkanes of at least 4 members (excludes halogenated alkanes) is 2. The summed E-state index contributed by atoms with van der Waals surface area (Å²) in [6.07, 6.45) is 5.10. The van der Waals surface area contributed by atoms with Gasteiger partial charge < -0.3 is 70.8 Å². The van der Waals surface area contributed by atoms with Crippen LogP contribution in [-0.4, -0.2) is 97.9 Å². The zero-order valence-electron chi connectivity index (χ0n) is 29.7. The van der Waals surface area contributed by atoms with Crippen LogP contribution in [0, 0.1) is 5.92 Å². The van der Waals surface area contributed by atoms with Gasteiger partial charge in [-0.3, -0.25) is 40.4 Å². The minimum atomic E-state index is -0.840. The summed E-state index contributed by atoms with van der Waals surface area (Å²) in [7, 11) is 4.03. The quantitative estimate of drug-likeness (QED) is 0.0118. The van der Waals surface area contributed by atoms with E-state index in [4.69, 9.17) is 34.7 Å². The lowest BCUT2D eigenvalue weighted by atomic mass is 9.90. The Hall–Kier alpha value is -1.14. The molecule has 14 nitrogen and oxygen atoms in total. The van der Waals surface area contributed by atoms with E-state index in [0.29, 0.717) is 82.5 Å². The predicted molar refractivity (Wildman–Crippen MR) is 191 cm³/mol. The van der Waals surface area contributed by atoms with Crippen molar-refractivity contribution in [1.82, 2.24) is 22.9 Å². The normalized spacial score (nSPS) is 12.5. The molecule has 0 saturated heterocycles. The Bertz CT molecular complexity index is 955. The Balaban J connectivity index is -0.000000968. The molecule has 0 bridgehead atoms. The summed E-state index contributed by atoms with van der Waals surface area (Å²) >= 11 is 15.8. The van der Waals surface area contributed by atoms with Crippen molar-refractivity contribution in [2.75, 3.05) is 44.7 Å². The molecule has 0 aromatic carbocycles. The minimum absolute atomic E-state index is 0. The zero-order valence-corrected chi connectivity index (χ0v) is 34.4. The number of amides is 2. The first-order valence-electron chi connectivity index (χ1n) is 16.0. The van der Waals surface area contributed by atoms with E-state index >= 15 is 0 Å². The van der Waals surface area contributed by atoms with Crippen LogP contribution in [0.15, 0.2) is 0 Å². The van der Waals surface area contributed by atoms with E-state index in [1.807, 2.05) is 14.1 Å². The van der Waals surface area contributed by atoms with E-state index in [-0.39, 0.29) is 104 Å². The summed E-state index contributed by atoms with van der Waals surface area (Å²) in [5.74, 6) is -0.878. The van der Waals surface area contributed by atoms with Gasteiger partial charge in [0.1, 0.15) is 0 Å². The molecule has 0 aromatic rings. The van der Waals surface area contributed by atoms with E-state index < -0.39 is 30.0 Å². The van der Waals surface area contributed by atoms with Crippen LogP contribution >= 0.6 is 35.8 Å². The van der Waals surface area contributed by atoms with Crippen LogP contribution in [0.1, 0.15) is 83.5 Å². The molecule has 0 radical (unpaired) electrons. The summed E-state index contributed by atoms with van der Waals surface area (Å²) < 4.78 is 0. The number of alkyl halides is 2. The number of carbonyl (C=O) groups is 5. The van der Waals surface area contributed by atoms with Gasteiger partial charge in [0, 0.05) is 55.5 Å². The van der Waals surface area contributed by atoms with Gasteiger partial charge in [-0.25, -0.2) is 0 Å². The summed E-state index contributed by atoms with van der Waals surface area (Å²) in [5.41, 5.74) is 14.7. The zero-order chi connectivity index (χ0) is 34.2. The molecule has 0 unspecified atom stereocenters. The number of ketones is 3. The van der Waals surface area contributed by atoms with Gasteiger partial charge in [-0.05, 0) is 51.4 Å².